The molecule has 136 valence electrons. The Labute approximate surface area is 155 Å². The highest BCUT2D eigenvalue weighted by molar-refractivity contribution is 7.89. The summed E-state index contributed by atoms with van der Waals surface area (Å²) in [4.78, 5) is 0.132. The predicted molar refractivity (Wildman–Crippen MR) is 103 cm³/mol. The first-order valence-corrected chi connectivity index (χ1v) is 9.19. The molecule has 3 N–H and O–H groups in total. The number of primary sulfonamides is 1. The van der Waals surface area contributed by atoms with Crippen molar-refractivity contribution in [2.75, 3.05) is 13.2 Å². The van der Waals surface area contributed by atoms with Gasteiger partial charge in [0.25, 0.3) is 0 Å². The van der Waals surface area contributed by atoms with Crippen LogP contribution in [0.4, 0.5) is 0 Å². The van der Waals surface area contributed by atoms with Crippen molar-refractivity contribution in [3.63, 3.8) is 0 Å². The van der Waals surface area contributed by atoms with Gasteiger partial charge in [-0.25, -0.2) is 13.6 Å². The van der Waals surface area contributed by atoms with E-state index >= 15 is 0 Å². The Hall–Kier alpha value is -1.86. The van der Waals surface area contributed by atoms with Gasteiger partial charge in [0, 0.05) is 12.1 Å². The zero-order chi connectivity index (χ0) is 17.4. The van der Waals surface area contributed by atoms with Crippen molar-refractivity contribution < 1.29 is 13.2 Å². The molecule has 0 bridgehead atoms. The van der Waals surface area contributed by atoms with E-state index in [1.54, 1.807) is 18.2 Å². The molecule has 0 spiro atoms. The zero-order valence-electron chi connectivity index (χ0n) is 13.9. The molecule has 0 aliphatic carbocycles. The van der Waals surface area contributed by atoms with Gasteiger partial charge in [-0.2, -0.15) is 0 Å². The summed E-state index contributed by atoms with van der Waals surface area (Å²) in [6, 6.07) is 14.5. The summed E-state index contributed by atoms with van der Waals surface area (Å²) in [6.07, 6.45) is 2.51. The molecule has 2 rings (SSSR count). The van der Waals surface area contributed by atoms with Gasteiger partial charge in [-0.3, -0.25) is 0 Å². The van der Waals surface area contributed by atoms with E-state index in [-0.39, 0.29) is 17.3 Å². The summed E-state index contributed by atoms with van der Waals surface area (Å²) in [6.45, 7) is 5.59. The lowest BCUT2D eigenvalue weighted by molar-refractivity contribution is 0.358. The smallest absolute Gasteiger partial charge is 0.238 e. The van der Waals surface area contributed by atoms with Crippen LogP contribution >= 0.6 is 12.4 Å². The number of benzene rings is 2. The van der Waals surface area contributed by atoms with E-state index in [1.807, 2.05) is 24.3 Å². The molecule has 5 nitrogen and oxygen atoms in total. The van der Waals surface area contributed by atoms with E-state index in [1.165, 1.54) is 12.1 Å². The van der Waals surface area contributed by atoms with Gasteiger partial charge in [-0.15, -0.1) is 12.4 Å². The van der Waals surface area contributed by atoms with Gasteiger partial charge in [0.1, 0.15) is 12.4 Å². The van der Waals surface area contributed by atoms with Crippen molar-refractivity contribution in [3.05, 3.63) is 72.3 Å². The Balaban J connectivity index is 0.00000312. The van der Waals surface area contributed by atoms with Crippen LogP contribution in [0.3, 0.4) is 0 Å². The summed E-state index contributed by atoms with van der Waals surface area (Å²) < 4.78 is 28.1. The standard InChI is InChI=1S/C18H22N2O3S.ClH/c1-2-13-23-18-6-4-3-5-16(18)14-20-12-11-15-7-9-17(10-8-15)24(19,21)22;/h2-10,20H,1,11-14H2,(H2,19,21,22);1H. The molecule has 0 unspecified atom stereocenters. The fraction of sp³-hybridized carbons (Fsp3) is 0.222. The summed E-state index contributed by atoms with van der Waals surface area (Å²) in [5.41, 5.74) is 2.13. The number of hydrogen-bond acceptors (Lipinski definition) is 4. The first-order chi connectivity index (χ1) is 11.5. The van der Waals surface area contributed by atoms with Crippen LogP contribution in [0, 0.1) is 0 Å². The first kappa shape index (κ1) is 21.2. The Morgan fingerprint density at radius 3 is 2.44 bits per heavy atom. The lowest BCUT2D eigenvalue weighted by atomic mass is 10.1. The van der Waals surface area contributed by atoms with Crippen LogP contribution in [0.1, 0.15) is 11.1 Å². The minimum Gasteiger partial charge on any atom is -0.489 e. The SMILES string of the molecule is C=CCOc1ccccc1CNCCc1ccc(S(N)(=O)=O)cc1.Cl. The molecule has 0 heterocycles. The van der Waals surface area contributed by atoms with E-state index in [0.29, 0.717) is 13.2 Å². The van der Waals surface area contributed by atoms with E-state index in [9.17, 15) is 8.42 Å². The summed E-state index contributed by atoms with van der Waals surface area (Å²) in [7, 11) is -3.63. The Bertz CT molecular complexity index is 777. The normalized spacial score (nSPS) is 10.8. The second kappa shape index (κ2) is 10.2. The quantitative estimate of drug-likeness (QED) is 0.516. The Morgan fingerprint density at radius 2 is 1.80 bits per heavy atom. The number of rotatable bonds is 9. The number of para-hydroxylation sites is 1. The van der Waals surface area contributed by atoms with Crippen molar-refractivity contribution >= 4 is 22.4 Å². The molecule has 0 saturated heterocycles. The lowest BCUT2D eigenvalue weighted by Crippen LogP contribution is -2.17. The second-order valence-electron chi connectivity index (χ2n) is 5.32. The maximum Gasteiger partial charge on any atom is 0.238 e. The number of nitrogens with two attached hydrogens (primary N) is 1. The molecule has 0 fully saturated rings. The Kier molecular flexibility index (Phi) is 8.65. The molecule has 0 amide bonds. The van der Waals surface area contributed by atoms with Gasteiger partial charge < -0.3 is 10.1 Å². The van der Waals surface area contributed by atoms with Crippen molar-refractivity contribution in [2.45, 2.75) is 17.9 Å². The predicted octanol–water partition coefficient (Wildman–Crippen LogP) is 2.65. The average Bonchev–Trinajstić information content (AvgIpc) is 2.57. The molecular formula is C18H23ClN2O3S. The zero-order valence-corrected chi connectivity index (χ0v) is 15.5. The molecule has 0 atom stereocenters. The number of hydrogen-bond donors (Lipinski definition) is 2. The first-order valence-electron chi connectivity index (χ1n) is 7.65. The molecule has 0 radical (unpaired) electrons. The third-order valence-electron chi connectivity index (χ3n) is 3.49. The van der Waals surface area contributed by atoms with E-state index in [2.05, 4.69) is 11.9 Å². The molecule has 0 aromatic heterocycles. The van der Waals surface area contributed by atoms with Crippen LogP contribution < -0.4 is 15.2 Å². The van der Waals surface area contributed by atoms with E-state index in [0.717, 1.165) is 29.8 Å². The van der Waals surface area contributed by atoms with Gasteiger partial charge in [0.05, 0.1) is 4.90 Å². The highest BCUT2D eigenvalue weighted by atomic mass is 35.5. The molecule has 7 heteroatoms. The third-order valence-corrected chi connectivity index (χ3v) is 4.42. The maximum atomic E-state index is 11.2. The third kappa shape index (κ3) is 6.88. The topological polar surface area (TPSA) is 81.4 Å². The minimum absolute atomic E-state index is 0. The van der Waals surface area contributed by atoms with Crippen LogP contribution in [-0.4, -0.2) is 21.6 Å². The van der Waals surface area contributed by atoms with Crippen LogP contribution in [-0.2, 0) is 23.0 Å². The lowest BCUT2D eigenvalue weighted by Gasteiger charge is -2.11. The highest BCUT2D eigenvalue weighted by Gasteiger charge is 2.06. The van der Waals surface area contributed by atoms with Crippen molar-refractivity contribution in [1.82, 2.24) is 5.32 Å². The van der Waals surface area contributed by atoms with Crippen molar-refractivity contribution in [3.8, 4) is 5.75 Å². The monoisotopic (exact) mass is 382 g/mol. The number of ether oxygens (including phenoxy) is 1. The van der Waals surface area contributed by atoms with Gasteiger partial charge >= 0.3 is 0 Å². The van der Waals surface area contributed by atoms with Crippen LogP contribution in [0.25, 0.3) is 0 Å². The maximum absolute atomic E-state index is 11.2. The van der Waals surface area contributed by atoms with Crippen LogP contribution in [0.5, 0.6) is 5.75 Å². The van der Waals surface area contributed by atoms with Crippen LogP contribution in [0.15, 0.2) is 66.1 Å². The van der Waals surface area contributed by atoms with Gasteiger partial charge in [0.15, 0.2) is 0 Å². The summed E-state index contributed by atoms with van der Waals surface area (Å²) >= 11 is 0. The second-order valence-corrected chi connectivity index (χ2v) is 6.88. The highest BCUT2D eigenvalue weighted by Crippen LogP contribution is 2.17. The fourth-order valence-electron chi connectivity index (χ4n) is 2.24. The molecule has 2 aromatic carbocycles. The van der Waals surface area contributed by atoms with Gasteiger partial charge in [-0.05, 0) is 36.7 Å². The molecule has 0 aliphatic heterocycles. The molecule has 2 aromatic rings. The summed E-state index contributed by atoms with van der Waals surface area (Å²) in [5.74, 6) is 0.849. The molecule has 25 heavy (non-hydrogen) atoms. The largest absolute Gasteiger partial charge is 0.489 e. The van der Waals surface area contributed by atoms with Crippen LogP contribution in [0.2, 0.25) is 0 Å². The van der Waals surface area contributed by atoms with E-state index < -0.39 is 10.0 Å². The molecule has 0 saturated carbocycles. The number of halogens is 1. The number of sulfonamides is 1. The number of nitrogens with one attached hydrogen (secondary N) is 1. The van der Waals surface area contributed by atoms with Crippen molar-refractivity contribution in [2.24, 2.45) is 5.14 Å². The van der Waals surface area contributed by atoms with E-state index in [4.69, 9.17) is 9.88 Å². The van der Waals surface area contributed by atoms with Gasteiger partial charge in [0.2, 0.25) is 10.0 Å². The van der Waals surface area contributed by atoms with Crippen molar-refractivity contribution in [1.29, 1.82) is 0 Å². The molecule has 0 aliphatic rings. The average molecular weight is 383 g/mol. The molecular weight excluding hydrogens is 360 g/mol. The Morgan fingerprint density at radius 1 is 1.12 bits per heavy atom. The minimum atomic E-state index is -3.63. The van der Waals surface area contributed by atoms with Gasteiger partial charge in [-0.1, -0.05) is 43.0 Å². The fourth-order valence-corrected chi connectivity index (χ4v) is 2.76. The summed E-state index contributed by atoms with van der Waals surface area (Å²) in [5, 5.41) is 8.45.